The molecule has 1 aromatic rings. The number of carbonyl (C=O) groups is 2. The second kappa shape index (κ2) is 6.26. The lowest BCUT2D eigenvalue weighted by Gasteiger charge is -2.30. The molecule has 0 spiro atoms. The zero-order valence-corrected chi connectivity index (χ0v) is 12.6. The van der Waals surface area contributed by atoms with Gasteiger partial charge in [0.25, 0.3) is 5.91 Å². The zero-order valence-electron chi connectivity index (χ0n) is 12.6. The molecule has 1 fully saturated rings. The molecule has 2 heterocycles. The summed E-state index contributed by atoms with van der Waals surface area (Å²) in [5.74, 6) is -1.77. The first-order valence-corrected chi connectivity index (χ1v) is 7.07. The Kier molecular flexibility index (Phi) is 4.62. The van der Waals surface area contributed by atoms with Gasteiger partial charge in [0.15, 0.2) is 0 Å². The fourth-order valence-electron chi connectivity index (χ4n) is 2.61. The van der Waals surface area contributed by atoms with Gasteiger partial charge in [0, 0.05) is 19.3 Å². The number of carboxylic acids is 1. The maximum atomic E-state index is 12.7. The minimum atomic E-state index is -0.922. The molecule has 0 radical (unpaired) electrons. The van der Waals surface area contributed by atoms with Gasteiger partial charge in [-0.3, -0.25) is 14.3 Å². The third-order valence-corrected chi connectivity index (χ3v) is 3.96. The van der Waals surface area contributed by atoms with E-state index in [1.54, 1.807) is 16.6 Å². The number of carbonyl (C=O) groups excluding carboxylic acids is 1. The monoisotopic (exact) mass is 295 g/mol. The molecule has 7 nitrogen and oxygen atoms in total. The van der Waals surface area contributed by atoms with Crippen LogP contribution in [0, 0.1) is 12.8 Å². The first kappa shape index (κ1) is 15.5. The Hall–Kier alpha value is -1.89. The Bertz CT molecular complexity index is 540. The molecule has 0 saturated carbocycles. The highest BCUT2D eigenvalue weighted by molar-refractivity contribution is 5.95. The number of hydrogen-bond donors (Lipinski definition) is 1. The van der Waals surface area contributed by atoms with Gasteiger partial charge >= 0.3 is 5.97 Å². The van der Waals surface area contributed by atoms with E-state index in [2.05, 4.69) is 5.10 Å². The molecular weight excluding hydrogens is 274 g/mol. The number of ether oxygens (including phenoxy) is 1. The van der Waals surface area contributed by atoms with Crippen molar-refractivity contribution >= 4 is 11.9 Å². The number of aryl methyl sites for hydroxylation is 1. The smallest absolute Gasteiger partial charge is 0.311 e. The molecule has 1 amide bonds. The molecule has 2 atom stereocenters. The van der Waals surface area contributed by atoms with Gasteiger partial charge in [0.05, 0.1) is 31.0 Å². The third kappa shape index (κ3) is 2.92. The zero-order chi connectivity index (χ0) is 15.6. The van der Waals surface area contributed by atoms with Gasteiger partial charge in [-0.15, -0.1) is 0 Å². The van der Waals surface area contributed by atoms with Gasteiger partial charge in [-0.2, -0.15) is 5.10 Å². The number of amides is 1. The summed E-state index contributed by atoms with van der Waals surface area (Å²) < 4.78 is 6.92. The van der Waals surface area contributed by atoms with E-state index in [1.807, 2.05) is 13.8 Å². The minimum Gasteiger partial charge on any atom is -0.481 e. The van der Waals surface area contributed by atoms with Crippen LogP contribution in [0.4, 0.5) is 0 Å². The molecule has 1 aromatic heterocycles. The molecule has 0 aliphatic carbocycles. The SMILES string of the molecule is CCCN(C(=O)c1cnn(C)c1C)C1COCC1C(=O)O. The molecular formula is C14H21N3O4. The van der Waals surface area contributed by atoms with E-state index in [1.165, 1.54) is 6.20 Å². The highest BCUT2D eigenvalue weighted by Crippen LogP contribution is 2.23. The molecule has 21 heavy (non-hydrogen) atoms. The molecule has 7 heteroatoms. The van der Waals surface area contributed by atoms with E-state index in [9.17, 15) is 14.7 Å². The van der Waals surface area contributed by atoms with Crippen LogP contribution in [0.3, 0.4) is 0 Å². The largest absolute Gasteiger partial charge is 0.481 e. The van der Waals surface area contributed by atoms with Crippen LogP contribution in [0.5, 0.6) is 0 Å². The summed E-state index contributed by atoms with van der Waals surface area (Å²) in [7, 11) is 1.77. The Morgan fingerprint density at radius 2 is 2.24 bits per heavy atom. The molecule has 2 unspecified atom stereocenters. The first-order valence-electron chi connectivity index (χ1n) is 7.07. The van der Waals surface area contributed by atoms with E-state index in [0.29, 0.717) is 12.1 Å². The van der Waals surface area contributed by atoms with Crippen molar-refractivity contribution in [3.05, 3.63) is 17.5 Å². The van der Waals surface area contributed by atoms with E-state index in [4.69, 9.17) is 4.74 Å². The Morgan fingerprint density at radius 3 is 2.76 bits per heavy atom. The van der Waals surface area contributed by atoms with E-state index in [0.717, 1.165) is 12.1 Å². The molecule has 116 valence electrons. The Morgan fingerprint density at radius 1 is 1.52 bits per heavy atom. The summed E-state index contributed by atoms with van der Waals surface area (Å²) in [6, 6.07) is -0.422. The average molecular weight is 295 g/mol. The summed E-state index contributed by atoms with van der Waals surface area (Å²) in [6.07, 6.45) is 2.29. The van der Waals surface area contributed by atoms with E-state index < -0.39 is 17.9 Å². The number of carboxylic acid groups (broad SMARTS) is 1. The number of aromatic nitrogens is 2. The predicted molar refractivity (Wildman–Crippen MR) is 75.0 cm³/mol. The van der Waals surface area contributed by atoms with Crippen molar-refractivity contribution in [3.63, 3.8) is 0 Å². The standard InChI is InChI=1S/C14H21N3O4/c1-4-5-17(12-8-21-7-11(12)14(19)20)13(18)10-6-15-16(3)9(10)2/h6,11-12H,4-5,7-8H2,1-3H3,(H,19,20). The molecule has 2 rings (SSSR count). The van der Waals surface area contributed by atoms with Crippen LogP contribution in [0.1, 0.15) is 29.4 Å². The van der Waals surface area contributed by atoms with Crippen LogP contribution in [0.25, 0.3) is 0 Å². The van der Waals surface area contributed by atoms with Crippen molar-refractivity contribution in [2.45, 2.75) is 26.3 Å². The van der Waals surface area contributed by atoms with E-state index in [-0.39, 0.29) is 19.1 Å². The highest BCUT2D eigenvalue weighted by atomic mass is 16.5. The molecule has 0 bridgehead atoms. The van der Waals surface area contributed by atoms with Gasteiger partial charge in [0.2, 0.25) is 0 Å². The Labute approximate surface area is 123 Å². The Balaban J connectivity index is 2.28. The van der Waals surface area contributed by atoms with Gasteiger partial charge in [0.1, 0.15) is 5.92 Å². The van der Waals surface area contributed by atoms with Gasteiger partial charge in [-0.25, -0.2) is 0 Å². The quantitative estimate of drug-likeness (QED) is 0.863. The summed E-state index contributed by atoms with van der Waals surface area (Å²) in [5, 5.41) is 13.4. The fraction of sp³-hybridized carbons (Fsp3) is 0.643. The number of nitrogens with zero attached hydrogens (tertiary/aromatic N) is 3. The van der Waals surface area contributed by atoms with Crippen LogP contribution in [-0.4, -0.2) is 57.5 Å². The number of rotatable bonds is 5. The lowest BCUT2D eigenvalue weighted by molar-refractivity contribution is -0.142. The normalized spacial score (nSPS) is 21.5. The van der Waals surface area contributed by atoms with Crippen molar-refractivity contribution in [1.29, 1.82) is 0 Å². The number of aliphatic carboxylic acids is 1. The van der Waals surface area contributed by atoms with Gasteiger partial charge in [-0.05, 0) is 13.3 Å². The van der Waals surface area contributed by atoms with Crippen molar-refractivity contribution in [2.75, 3.05) is 19.8 Å². The molecule has 1 aliphatic heterocycles. The van der Waals surface area contributed by atoms with Crippen LogP contribution < -0.4 is 0 Å². The third-order valence-electron chi connectivity index (χ3n) is 3.96. The van der Waals surface area contributed by atoms with Crippen molar-refractivity contribution in [1.82, 2.24) is 14.7 Å². The van der Waals surface area contributed by atoms with Crippen molar-refractivity contribution in [3.8, 4) is 0 Å². The topological polar surface area (TPSA) is 84.7 Å². The fourth-order valence-corrected chi connectivity index (χ4v) is 2.61. The first-order chi connectivity index (χ1) is 9.97. The number of hydrogen-bond acceptors (Lipinski definition) is 4. The molecule has 0 aromatic carbocycles. The molecule has 1 N–H and O–H groups in total. The second-order valence-electron chi connectivity index (χ2n) is 5.32. The van der Waals surface area contributed by atoms with Crippen LogP contribution in [0.2, 0.25) is 0 Å². The molecule has 1 saturated heterocycles. The average Bonchev–Trinajstić information content (AvgIpc) is 3.04. The predicted octanol–water partition coefficient (Wildman–Crippen LogP) is 0.680. The van der Waals surface area contributed by atoms with Crippen LogP contribution >= 0.6 is 0 Å². The van der Waals surface area contributed by atoms with Crippen LogP contribution in [-0.2, 0) is 16.6 Å². The van der Waals surface area contributed by atoms with Gasteiger partial charge in [-0.1, -0.05) is 6.92 Å². The minimum absolute atomic E-state index is 0.152. The van der Waals surface area contributed by atoms with Crippen LogP contribution in [0.15, 0.2) is 6.20 Å². The molecule has 1 aliphatic rings. The highest BCUT2D eigenvalue weighted by Gasteiger charge is 2.40. The maximum absolute atomic E-state index is 12.7. The maximum Gasteiger partial charge on any atom is 0.311 e. The van der Waals surface area contributed by atoms with Crippen molar-refractivity contribution in [2.24, 2.45) is 13.0 Å². The summed E-state index contributed by atoms with van der Waals surface area (Å²) >= 11 is 0. The summed E-state index contributed by atoms with van der Waals surface area (Å²) in [6.45, 7) is 4.71. The summed E-state index contributed by atoms with van der Waals surface area (Å²) in [5.41, 5.74) is 1.29. The van der Waals surface area contributed by atoms with Gasteiger partial charge < -0.3 is 14.7 Å². The van der Waals surface area contributed by atoms with E-state index >= 15 is 0 Å². The lowest BCUT2D eigenvalue weighted by atomic mass is 10.0. The van der Waals surface area contributed by atoms with Crippen molar-refractivity contribution < 1.29 is 19.4 Å². The lowest BCUT2D eigenvalue weighted by Crippen LogP contribution is -2.47. The summed E-state index contributed by atoms with van der Waals surface area (Å²) in [4.78, 5) is 25.7. The second-order valence-corrected chi connectivity index (χ2v) is 5.32.